The van der Waals surface area contributed by atoms with Crippen LogP contribution in [0.3, 0.4) is 0 Å². The molecule has 0 spiro atoms. The number of amides is 2. The second-order valence-corrected chi connectivity index (χ2v) is 7.65. The third-order valence-corrected chi connectivity index (χ3v) is 5.03. The maximum absolute atomic E-state index is 13.0. The molecule has 0 radical (unpaired) electrons. The summed E-state index contributed by atoms with van der Waals surface area (Å²) >= 11 is 0. The minimum atomic E-state index is -0.222. The number of nitrogens with zero attached hydrogens (tertiary/aromatic N) is 3. The van der Waals surface area contributed by atoms with Crippen molar-refractivity contribution < 1.29 is 9.59 Å². The predicted molar refractivity (Wildman–Crippen MR) is 101 cm³/mol. The van der Waals surface area contributed by atoms with Crippen molar-refractivity contribution in [2.75, 3.05) is 19.6 Å². The lowest BCUT2D eigenvalue weighted by Crippen LogP contribution is -2.38. The maximum atomic E-state index is 13.0. The van der Waals surface area contributed by atoms with Gasteiger partial charge in [0.2, 0.25) is 5.82 Å². The van der Waals surface area contributed by atoms with Crippen LogP contribution in [0.4, 0.5) is 0 Å². The highest BCUT2D eigenvalue weighted by atomic mass is 16.2. The lowest BCUT2D eigenvalue weighted by Gasteiger charge is -2.29. The number of carbonyl (C=O) groups excluding carboxylic acids is 2. The van der Waals surface area contributed by atoms with Gasteiger partial charge >= 0.3 is 0 Å². The Labute approximate surface area is 154 Å². The molecule has 3 rings (SSSR count). The number of piperidine rings is 1. The van der Waals surface area contributed by atoms with Crippen LogP contribution in [0.1, 0.15) is 61.1 Å². The molecule has 0 atom stereocenters. The molecule has 2 amide bonds. The Hall–Kier alpha value is -2.37. The molecule has 3 heterocycles. The summed E-state index contributed by atoms with van der Waals surface area (Å²) in [6, 6.07) is 5.54. The van der Waals surface area contributed by atoms with Crippen molar-refractivity contribution in [1.82, 2.24) is 19.6 Å². The van der Waals surface area contributed by atoms with Crippen LogP contribution in [0.5, 0.6) is 0 Å². The highest BCUT2D eigenvalue weighted by molar-refractivity contribution is 6.02. The van der Waals surface area contributed by atoms with Gasteiger partial charge in [-0.25, -0.2) is 4.98 Å². The van der Waals surface area contributed by atoms with E-state index in [0.29, 0.717) is 35.4 Å². The molecule has 2 aromatic rings. The molecular weight excluding hydrogens is 328 g/mol. The molecule has 0 saturated carbocycles. The van der Waals surface area contributed by atoms with Crippen LogP contribution >= 0.6 is 0 Å². The normalized spacial score (nSPS) is 15.6. The van der Waals surface area contributed by atoms with E-state index >= 15 is 0 Å². The minimum absolute atomic E-state index is 0.0978. The van der Waals surface area contributed by atoms with Gasteiger partial charge < -0.3 is 10.2 Å². The van der Waals surface area contributed by atoms with Gasteiger partial charge in [0, 0.05) is 25.8 Å². The number of likely N-dealkylation sites (tertiary alicyclic amines) is 1. The summed E-state index contributed by atoms with van der Waals surface area (Å²) in [6.45, 7) is 8.56. The van der Waals surface area contributed by atoms with E-state index in [1.807, 2.05) is 23.1 Å². The zero-order chi connectivity index (χ0) is 18.7. The first-order valence-corrected chi connectivity index (χ1v) is 9.52. The summed E-state index contributed by atoms with van der Waals surface area (Å²) in [5.41, 5.74) is 0.992. The first-order chi connectivity index (χ1) is 12.5. The number of hydrogen-bond donors (Lipinski definition) is 1. The highest BCUT2D eigenvalue weighted by Gasteiger charge is 2.27. The van der Waals surface area contributed by atoms with Gasteiger partial charge in [0.1, 0.15) is 0 Å². The van der Waals surface area contributed by atoms with Crippen LogP contribution in [-0.4, -0.2) is 45.7 Å². The maximum Gasteiger partial charge on any atom is 0.290 e. The third-order valence-electron chi connectivity index (χ3n) is 5.03. The SMILES string of the molecule is CC(C)CCNC(=O)c1nc(C(=O)N2CCC(C)CC2)n2ccccc12. The number of rotatable bonds is 5. The summed E-state index contributed by atoms with van der Waals surface area (Å²) in [7, 11) is 0. The van der Waals surface area contributed by atoms with Gasteiger partial charge in [0.25, 0.3) is 11.8 Å². The van der Waals surface area contributed by atoms with Crippen molar-refractivity contribution in [3.8, 4) is 0 Å². The second kappa shape index (κ2) is 7.89. The predicted octanol–water partition coefficient (Wildman–Crippen LogP) is 2.98. The molecule has 6 heteroatoms. The number of aromatic nitrogens is 2. The number of imidazole rings is 1. The fraction of sp³-hybridized carbons (Fsp3) is 0.550. The number of carbonyl (C=O) groups is 2. The number of hydrogen-bond acceptors (Lipinski definition) is 3. The van der Waals surface area contributed by atoms with E-state index in [1.54, 1.807) is 10.6 Å². The standard InChI is InChI=1S/C20H28N4O2/c1-14(2)7-10-21-19(25)17-16-6-4-5-11-24(16)18(22-17)20(26)23-12-8-15(3)9-13-23/h4-6,11,14-15H,7-10,12-13H2,1-3H3,(H,21,25). The third kappa shape index (κ3) is 3.89. The lowest BCUT2D eigenvalue weighted by atomic mass is 9.99. The topological polar surface area (TPSA) is 66.7 Å². The van der Waals surface area contributed by atoms with Gasteiger partial charge in [-0.3, -0.25) is 14.0 Å². The fourth-order valence-corrected chi connectivity index (χ4v) is 3.27. The van der Waals surface area contributed by atoms with Crippen molar-refractivity contribution in [2.24, 2.45) is 11.8 Å². The molecule has 1 fully saturated rings. The van der Waals surface area contributed by atoms with E-state index < -0.39 is 0 Å². The first-order valence-electron chi connectivity index (χ1n) is 9.52. The van der Waals surface area contributed by atoms with Crippen molar-refractivity contribution >= 4 is 17.3 Å². The quantitative estimate of drug-likeness (QED) is 0.896. The summed E-state index contributed by atoms with van der Waals surface area (Å²) in [5, 5.41) is 2.92. The lowest BCUT2D eigenvalue weighted by molar-refractivity contribution is 0.0684. The summed E-state index contributed by atoms with van der Waals surface area (Å²) < 4.78 is 1.73. The smallest absolute Gasteiger partial charge is 0.290 e. The van der Waals surface area contributed by atoms with Gasteiger partial charge in [0.05, 0.1) is 5.52 Å². The van der Waals surface area contributed by atoms with Crippen molar-refractivity contribution in [2.45, 2.75) is 40.0 Å². The van der Waals surface area contributed by atoms with Gasteiger partial charge in [-0.05, 0) is 43.2 Å². The Morgan fingerprint density at radius 1 is 1.27 bits per heavy atom. The summed E-state index contributed by atoms with van der Waals surface area (Å²) in [6.07, 6.45) is 4.73. The molecule has 1 aliphatic rings. The molecule has 0 bridgehead atoms. The van der Waals surface area contributed by atoms with Crippen LogP contribution in [-0.2, 0) is 0 Å². The molecule has 6 nitrogen and oxygen atoms in total. The Morgan fingerprint density at radius 3 is 2.69 bits per heavy atom. The van der Waals surface area contributed by atoms with Crippen LogP contribution in [0.25, 0.3) is 5.52 Å². The first kappa shape index (κ1) is 18.4. The molecule has 1 saturated heterocycles. The van der Waals surface area contributed by atoms with Crippen LogP contribution in [0.2, 0.25) is 0 Å². The number of fused-ring (bicyclic) bond motifs is 1. The molecule has 1 N–H and O–H groups in total. The zero-order valence-corrected chi connectivity index (χ0v) is 15.9. The van der Waals surface area contributed by atoms with E-state index in [0.717, 1.165) is 32.4 Å². The molecule has 1 aliphatic heterocycles. The average Bonchev–Trinajstić information content (AvgIpc) is 3.01. The largest absolute Gasteiger partial charge is 0.351 e. The molecule has 26 heavy (non-hydrogen) atoms. The van der Waals surface area contributed by atoms with E-state index in [9.17, 15) is 9.59 Å². The van der Waals surface area contributed by atoms with Gasteiger partial charge in [-0.15, -0.1) is 0 Å². The van der Waals surface area contributed by atoms with Crippen LogP contribution in [0, 0.1) is 11.8 Å². The Kier molecular flexibility index (Phi) is 5.59. The van der Waals surface area contributed by atoms with E-state index in [-0.39, 0.29) is 11.8 Å². The van der Waals surface area contributed by atoms with Gasteiger partial charge in [0.15, 0.2) is 5.69 Å². The van der Waals surface area contributed by atoms with Crippen LogP contribution in [0.15, 0.2) is 24.4 Å². The van der Waals surface area contributed by atoms with Crippen molar-refractivity contribution in [3.63, 3.8) is 0 Å². The summed E-state index contributed by atoms with van der Waals surface area (Å²) in [5.74, 6) is 1.18. The highest BCUT2D eigenvalue weighted by Crippen LogP contribution is 2.20. The zero-order valence-electron chi connectivity index (χ0n) is 15.9. The second-order valence-electron chi connectivity index (χ2n) is 7.65. The molecule has 0 unspecified atom stereocenters. The van der Waals surface area contributed by atoms with Crippen molar-refractivity contribution in [1.29, 1.82) is 0 Å². The Morgan fingerprint density at radius 2 is 2.00 bits per heavy atom. The Bertz CT molecular complexity index is 788. The van der Waals surface area contributed by atoms with Crippen molar-refractivity contribution in [3.05, 3.63) is 35.9 Å². The Balaban J connectivity index is 1.85. The fourth-order valence-electron chi connectivity index (χ4n) is 3.27. The molecule has 2 aromatic heterocycles. The monoisotopic (exact) mass is 356 g/mol. The van der Waals surface area contributed by atoms with E-state index in [2.05, 4.69) is 31.1 Å². The summed E-state index contributed by atoms with van der Waals surface area (Å²) in [4.78, 5) is 31.8. The number of nitrogens with one attached hydrogen (secondary N) is 1. The van der Waals surface area contributed by atoms with E-state index in [1.165, 1.54) is 0 Å². The average molecular weight is 356 g/mol. The van der Waals surface area contributed by atoms with E-state index in [4.69, 9.17) is 0 Å². The number of pyridine rings is 1. The molecule has 0 aromatic carbocycles. The van der Waals surface area contributed by atoms with Gasteiger partial charge in [-0.1, -0.05) is 26.8 Å². The molecule has 140 valence electrons. The molecule has 0 aliphatic carbocycles. The van der Waals surface area contributed by atoms with Gasteiger partial charge in [-0.2, -0.15) is 0 Å². The molecular formula is C20H28N4O2. The minimum Gasteiger partial charge on any atom is -0.351 e. The van der Waals surface area contributed by atoms with Crippen LogP contribution < -0.4 is 5.32 Å².